The highest BCUT2D eigenvalue weighted by atomic mass is 32.2. The molecule has 0 atom stereocenters. The maximum Gasteiger partial charge on any atom is 0.238 e. The van der Waals surface area contributed by atoms with Crippen molar-refractivity contribution in [2.75, 3.05) is 5.73 Å². The molecule has 0 fully saturated rings. The van der Waals surface area contributed by atoms with Crippen molar-refractivity contribution in [2.24, 2.45) is 5.14 Å². The van der Waals surface area contributed by atoms with Gasteiger partial charge in [0.1, 0.15) is 0 Å². The van der Waals surface area contributed by atoms with E-state index in [0.29, 0.717) is 11.3 Å². The Balaban J connectivity index is 2.30. The molecule has 8 heteroatoms. The molecule has 2 rings (SSSR count). The predicted molar refractivity (Wildman–Crippen MR) is 84.3 cm³/mol. The zero-order valence-corrected chi connectivity index (χ0v) is 13.5. The Morgan fingerprint density at radius 3 is 1.95 bits per heavy atom. The first-order valence-corrected chi connectivity index (χ1v) is 9.50. The Morgan fingerprint density at radius 2 is 1.45 bits per heavy atom. The molecule has 0 unspecified atom stereocenters. The van der Waals surface area contributed by atoms with Gasteiger partial charge in [-0.25, -0.2) is 22.0 Å². The van der Waals surface area contributed by atoms with Crippen LogP contribution in [0.25, 0.3) is 0 Å². The summed E-state index contributed by atoms with van der Waals surface area (Å²) in [5.74, 6) is -0.250. The number of hydrogen-bond acceptors (Lipinski definition) is 5. The van der Waals surface area contributed by atoms with Gasteiger partial charge in [-0.15, -0.1) is 0 Å². The van der Waals surface area contributed by atoms with E-state index in [2.05, 4.69) is 0 Å². The van der Waals surface area contributed by atoms with Crippen LogP contribution in [-0.4, -0.2) is 16.8 Å². The number of hydrogen-bond donors (Lipinski definition) is 2. The molecule has 0 saturated heterocycles. The van der Waals surface area contributed by atoms with Crippen molar-refractivity contribution in [1.29, 1.82) is 0 Å². The number of nitrogens with two attached hydrogens (primary N) is 2. The highest BCUT2D eigenvalue weighted by molar-refractivity contribution is 7.90. The number of benzene rings is 2. The fraction of sp³-hybridized carbons (Fsp3) is 0.143. The summed E-state index contributed by atoms with van der Waals surface area (Å²) in [6.45, 7) is 1.79. The van der Waals surface area contributed by atoms with Gasteiger partial charge in [0.15, 0.2) is 9.84 Å². The van der Waals surface area contributed by atoms with Crippen LogP contribution in [0.4, 0.5) is 5.69 Å². The van der Waals surface area contributed by atoms with Crippen LogP contribution in [0.1, 0.15) is 11.1 Å². The molecule has 0 aliphatic heterocycles. The molecule has 0 saturated carbocycles. The van der Waals surface area contributed by atoms with E-state index in [9.17, 15) is 16.8 Å². The molecule has 2 aromatic carbocycles. The van der Waals surface area contributed by atoms with E-state index in [1.54, 1.807) is 13.0 Å². The smallest absolute Gasteiger partial charge is 0.238 e. The number of sulfone groups is 1. The molecule has 0 amide bonds. The molecule has 0 aliphatic rings. The maximum atomic E-state index is 12.3. The van der Waals surface area contributed by atoms with Crippen LogP contribution >= 0.6 is 0 Å². The highest BCUT2D eigenvalue weighted by Gasteiger charge is 2.17. The summed E-state index contributed by atoms with van der Waals surface area (Å²) in [7, 11) is -7.35. The van der Waals surface area contributed by atoms with Crippen LogP contribution in [0.3, 0.4) is 0 Å². The molecule has 118 valence electrons. The summed E-state index contributed by atoms with van der Waals surface area (Å²) in [4.78, 5) is 0.0688. The number of rotatable bonds is 4. The monoisotopic (exact) mass is 340 g/mol. The van der Waals surface area contributed by atoms with E-state index in [4.69, 9.17) is 10.9 Å². The molecule has 4 N–H and O–H groups in total. The van der Waals surface area contributed by atoms with Crippen molar-refractivity contribution >= 4 is 25.5 Å². The molecular formula is C14H16N2O4S2. The van der Waals surface area contributed by atoms with Crippen LogP contribution in [0, 0.1) is 6.92 Å². The Hall–Kier alpha value is -1.90. The molecule has 0 radical (unpaired) electrons. The van der Waals surface area contributed by atoms with Crippen LogP contribution in [0.5, 0.6) is 0 Å². The van der Waals surface area contributed by atoms with Crippen LogP contribution in [0.2, 0.25) is 0 Å². The van der Waals surface area contributed by atoms with Crippen molar-refractivity contribution in [3.8, 4) is 0 Å². The van der Waals surface area contributed by atoms with E-state index in [-0.39, 0.29) is 15.5 Å². The van der Waals surface area contributed by atoms with Gasteiger partial charge in [0.25, 0.3) is 0 Å². The first-order chi connectivity index (χ1) is 10.1. The number of aryl methyl sites for hydroxylation is 1. The molecule has 0 heterocycles. The van der Waals surface area contributed by atoms with Crippen LogP contribution in [-0.2, 0) is 25.6 Å². The number of anilines is 1. The molecule has 0 aliphatic carbocycles. The van der Waals surface area contributed by atoms with E-state index in [1.165, 1.54) is 36.4 Å². The van der Waals surface area contributed by atoms with Crippen LogP contribution in [0.15, 0.2) is 52.3 Å². The fourth-order valence-electron chi connectivity index (χ4n) is 1.89. The number of primary sulfonamides is 1. The van der Waals surface area contributed by atoms with Crippen molar-refractivity contribution in [2.45, 2.75) is 22.5 Å². The van der Waals surface area contributed by atoms with E-state index in [1.807, 2.05) is 0 Å². The van der Waals surface area contributed by atoms with E-state index in [0.717, 1.165) is 5.56 Å². The maximum absolute atomic E-state index is 12.3. The average molecular weight is 340 g/mol. The van der Waals surface area contributed by atoms with Crippen LogP contribution < -0.4 is 10.9 Å². The number of sulfonamides is 1. The minimum Gasteiger partial charge on any atom is -0.398 e. The second-order valence-electron chi connectivity index (χ2n) is 4.97. The van der Waals surface area contributed by atoms with Crippen molar-refractivity contribution in [3.63, 3.8) is 0 Å². The minimum absolute atomic E-state index is 0.0618. The van der Waals surface area contributed by atoms with Gasteiger partial charge in [0.2, 0.25) is 10.0 Å². The topological polar surface area (TPSA) is 120 Å². The van der Waals surface area contributed by atoms with Crippen molar-refractivity contribution in [1.82, 2.24) is 0 Å². The lowest BCUT2D eigenvalue weighted by atomic mass is 10.2. The summed E-state index contributed by atoms with van der Waals surface area (Å²) in [5, 5.41) is 5.00. The van der Waals surface area contributed by atoms with Gasteiger partial charge in [0.05, 0.1) is 15.5 Å². The first-order valence-electron chi connectivity index (χ1n) is 6.30. The second kappa shape index (κ2) is 5.71. The standard InChI is InChI=1S/C14H16N2O4S2/c1-10-2-5-13(8-14(10)15)21(17,18)9-11-3-6-12(7-4-11)22(16,19)20/h2-8H,9,15H2,1H3,(H2,16,19,20). The lowest BCUT2D eigenvalue weighted by molar-refractivity contribution is 0.595. The predicted octanol–water partition coefficient (Wildman–Crippen LogP) is 1.20. The van der Waals surface area contributed by atoms with Gasteiger partial charge in [-0.05, 0) is 42.3 Å². The average Bonchev–Trinajstić information content (AvgIpc) is 2.41. The molecule has 0 spiro atoms. The zero-order valence-electron chi connectivity index (χ0n) is 11.9. The summed E-state index contributed by atoms with van der Waals surface area (Å²) < 4.78 is 47.0. The SMILES string of the molecule is Cc1ccc(S(=O)(=O)Cc2ccc(S(N)(=O)=O)cc2)cc1N. The molecule has 2 aromatic rings. The number of nitrogen functional groups attached to an aromatic ring is 1. The Labute approximate surface area is 129 Å². The Bertz CT molecular complexity index is 902. The fourth-order valence-corrected chi connectivity index (χ4v) is 3.79. The highest BCUT2D eigenvalue weighted by Crippen LogP contribution is 2.21. The van der Waals surface area contributed by atoms with Crippen molar-refractivity contribution in [3.05, 3.63) is 53.6 Å². The molecule has 22 heavy (non-hydrogen) atoms. The van der Waals surface area contributed by atoms with Gasteiger partial charge in [-0.2, -0.15) is 0 Å². The summed E-state index contributed by atoms with van der Waals surface area (Å²) in [6, 6.07) is 9.98. The third kappa shape index (κ3) is 3.65. The second-order valence-corrected chi connectivity index (χ2v) is 8.52. The van der Waals surface area contributed by atoms with Gasteiger partial charge < -0.3 is 5.73 Å². The quantitative estimate of drug-likeness (QED) is 0.810. The summed E-state index contributed by atoms with van der Waals surface area (Å²) in [6.07, 6.45) is 0. The minimum atomic E-state index is -3.79. The zero-order chi connectivity index (χ0) is 16.5. The van der Waals surface area contributed by atoms with Gasteiger partial charge in [-0.1, -0.05) is 18.2 Å². The third-order valence-corrected chi connectivity index (χ3v) is 5.83. The summed E-state index contributed by atoms with van der Waals surface area (Å²) >= 11 is 0. The molecular weight excluding hydrogens is 324 g/mol. The molecule has 6 nitrogen and oxygen atoms in total. The van der Waals surface area contributed by atoms with Gasteiger partial charge >= 0.3 is 0 Å². The normalized spacial score (nSPS) is 12.3. The van der Waals surface area contributed by atoms with E-state index < -0.39 is 19.9 Å². The third-order valence-electron chi connectivity index (χ3n) is 3.22. The van der Waals surface area contributed by atoms with Gasteiger partial charge in [0, 0.05) is 5.69 Å². The van der Waals surface area contributed by atoms with Gasteiger partial charge in [-0.3, -0.25) is 0 Å². The molecule has 0 aromatic heterocycles. The first kappa shape index (κ1) is 16.5. The van der Waals surface area contributed by atoms with E-state index >= 15 is 0 Å². The van der Waals surface area contributed by atoms with Crippen molar-refractivity contribution < 1.29 is 16.8 Å². The lowest BCUT2D eigenvalue weighted by Gasteiger charge is -2.08. The Morgan fingerprint density at radius 1 is 0.909 bits per heavy atom. The summed E-state index contributed by atoms with van der Waals surface area (Å²) in [5.41, 5.74) is 7.41. The molecule has 0 bridgehead atoms. The Kier molecular flexibility index (Phi) is 4.28. The largest absolute Gasteiger partial charge is 0.398 e. The lowest BCUT2D eigenvalue weighted by Crippen LogP contribution is -2.12.